The SMILES string of the molecule is CC/C=C(\NCC(=O)NC1CCCc2ccccc21)c1ccc(-c2ccc(CC)cc2)cc1. The van der Waals surface area contributed by atoms with Crippen LogP contribution in [0.15, 0.2) is 78.9 Å². The molecule has 1 aliphatic rings. The minimum absolute atomic E-state index is 0.0336. The van der Waals surface area contributed by atoms with Gasteiger partial charge in [0.25, 0.3) is 0 Å². The third-order valence-electron chi connectivity index (χ3n) is 6.44. The molecule has 3 nitrogen and oxygen atoms in total. The van der Waals surface area contributed by atoms with Gasteiger partial charge in [-0.3, -0.25) is 4.79 Å². The molecule has 33 heavy (non-hydrogen) atoms. The van der Waals surface area contributed by atoms with Crippen molar-refractivity contribution in [2.24, 2.45) is 0 Å². The summed E-state index contributed by atoms with van der Waals surface area (Å²) in [7, 11) is 0. The Hall–Kier alpha value is -3.33. The van der Waals surface area contributed by atoms with E-state index >= 15 is 0 Å². The molecule has 170 valence electrons. The maximum Gasteiger partial charge on any atom is 0.239 e. The van der Waals surface area contributed by atoms with Crippen LogP contribution in [0.1, 0.15) is 61.4 Å². The van der Waals surface area contributed by atoms with Gasteiger partial charge in [-0.15, -0.1) is 0 Å². The molecule has 0 saturated carbocycles. The van der Waals surface area contributed by atoms with Crippen LogP contribution in [-0.2, 0) is 17.6 Å². The largest absolute Gasteiger partial charge is 0.376 e. The second-order valence-corrected chi connectivity index (χ2v) is 8.72. The molecule has 0 bridgehead atoms. The predicted octanol–water partition coefficient (Wildman–Crippen LogP) is 6.45. The van der Waals surface area contributed by atoms with E-state index in [1.54, 1.807) is 0 Å². The molecule has 3 aromatic carbocycles. The molecule has 4 rings (SSSR count). The van der Waals surface area contributed by atoms with Gasteiger partial charge in [0.05, 0.1) is 12.6 Å². The Kier molecular flexibility index (Phi) is 7.62. The Morgan fingerprint density at radius 3 is 2.33 bits per heavy atom. The minimum Gasteiger partial charge on any atom is -0.376 e. The van der Waals surface area contributed by atoms with Crippen molar-refractivity contribution in [3.8, 4) is 11.1 Å². The molecule has 0 aliphatic heterocycles. The standard InChI is InChI=1S/C30H34N2O/c1-3-8-28(26-19-17-24(18-20-26)23-15-13-22(4-2)14-16-23)31-21-30(33)32-29-12-7-10-25-9-5-6-11-27(25)29/h5-6,8-9,11,13-20,29,31H,3-4,7,10,12,21H2,1-2H3,(H,32,33)/b28-8-. The van der Waals surface area contributed by atoms with E-state index in [0.717, 1.165) is 43.4 Å². The number of nitrogens with one attached hydrogen (secondary N) is 2. The summed E-state index contributed by atoms with van der Waals surface area (Å²) in [4.78, 5) is 12.8. The van der Waals surface area contributed by atoms with Crippen LogP contribution in [0.3, 0.4) is 0 Å². The van der Waals surface area contributed by atoms with Gasteiger partial charge >= 0.3 is 0 Å². The molecule has 1 unspecified atom stereocenters. The number of carbonyl (C=O) groups excluding carboxylic acids is 1. The lowest BCUT2D eigenvalue weighted by Crippen LogP contribution is -2.37. The van der Waals surface area contributed by atoms with E-state index < -0.39 is 0 Å². The van der Waals surface area contributed by atoms with Gasteiger partial charge in [0.1, 0.15) is 0 Å². The van der Waals surface area contributed by atoms with Crippen molar-refractivity contribution >= 4 is 11.6 Å². The van der Waals surface area contributed by atoms with E-state index in [1.807, 2.05) is 0 Å². The number of aryl methyl sites for hydroxylation is 2. The summed E-state index contributed by atoms with van der Waals surface area (Å²) in [5.74, 6) is 0.0336. The van der Waals surface area contributed by atoms with Crippen LogP contribution in [-0.4, -0.2) is 12.5 Å². The maximum absolute atomic E-state index is 12.8. The number of benzene rings is 3. The lowest BCUT2D eigenvalue weighted by atomic mass is 9.88. The molecule has 0 fully saturated rings. The molecule has 0 spiro atoms. The number of fused-ring (bicyclic) bond motifs is 1. The van der Waals surface area contributed by atoms with Crippen LogP contribution in [0.2, 0.25) is 0 Å². The van der Waals surface area contributed by atoms with Crippen LogP contribution < -0.4 is 10.6 Å². The van der Waals surface area contributed by atoms with Crippen LogP contribution in [0.25, 0.3) is 16.8 Å². The summed E-state index contributed by atoms with van der Waals surface area (Å²) in [6, 6.07) is 25.9. The molecule has 0 radical (unpaired) electrons. The van der Waals surface area contributed by atoms with Crippen molar-refractivity contribution in [2.45, 2.75) is 52.0 Å². The highest BCUT2D eigenvalue weighted by Crippen LogP contribution is 2.29. The zero-order valence-corrected chi connectivity index (χ0v) is 19.7. The highest BCUT2D eigenvalue weighted by Gasteiger charge is 2.21. The lowest BCUT2D eigenvalue weighted by molar-refractivity contribution is -0.120. The summed E-state index contributed by atoms with van der Waals surface area (Å²) in [5.41, 5.74) is 8.50. The highest BCUT2D eigenvalue weighted by molar-refractivity contribution is 5.81. The van der Waals surface area contributed by atoms with Crippen molar-refractivity contribution in [3.63, 3.8) is 0 Å². The molecule has 3 heteroatoms. The summed E-state index contributed by atoms with van der Waals surface area (Å²) in [6.45, 7) is 4.56. The fraction of sp³-hybridized carbons (Fsp3) is 0.300. The van der Waals surface area contributed by atoms with Crippen LogP contribution >= 0.6 is 0 Å². The van der Waals surface area contributed by atoms with E-state index in [9.17, 15) is 4.79 Å². The van der Waals surface area contributed by atoms with Gasteiger partial charge in [-0.05, 0) is 65.5 Å². The van der Waals surface area contributed by atoms with Crippen molar-refractivity contribution < 1.29 is 4.79 Å². The van der Waals surface area contributed by atoms with E-state index in [2.05, 4.69) is 103 Å². The first-order chi connectivity index (χ1) is 16.2. The van der Waals surface area contributed by atoms with Gasteiger partial charge in [0, 0.05) is 5.70 Å². The number of allylic oxidation sites excluding steroid dienone is 1. The third kappa shape index (κ3) is 5.73. The Morgan fingerprint density at radius 2 is 1.64 bits per heavy atom. The Labute approximate surface area is 197 Å². The van der Waals surface area contributed by atoms with Crippen molar-refractivity contribution in [3.05, 3.63) is 101 Å². The molecule has 2 N–H and O–H groups in total. The monoisotopic (exact) mass is 438 g/mol. The first kappa shape index (κ1) is 22.8. The van der Waals surface area contributed by atoms with E-state index in [1.165, 1.54) is 27.8 Å². The van der Waals surface area contributed by atoms with Crippen molar-refractivity contribution in [1.82, 2.24) is 10.6 Å². The van der Waals surface area contributed by atoms with E-state index in [-0.39, 0.29) is 18.5 Å². The fourth-order valence-corrected chi connectivity index (χ4v) is 4.60. The lowest BCUT2D eigenvalue weighted by Gasteiger charge is -2.26. The third-order valence-corrected chi connectivity index (χ3v) is 6.44. The zero-order chi connectivity index (χ0) is 23.0. The van der Waals surface area contributed by atoms with E-state index in [4.69, 9.17) is 0 Å². The quantitative estimate of drug-likeness (QED) is 0.424. The molecule has 0 heterocycles. The predicted molar refractivity (Wildman–Crippen MR) is 138 cm³/mol. The first-order valence-electron chi connectivity index (χ1n) is 12.2. The first-order valence-corrected chi connectivity index (χ1v) is 12.2. The molecule has 3 aromatic rings. The molecule has 0 saturated heterocycles. The van der Waals surface area contributed by atoms with Crippen LogP contribution in [0.5, 0.6) is 0 Å². The number of amides is 1. The molecule has 1 amide bonds. The Morgan fingerprint density at radius 1 is 0.939 bits per heavy atom. The van der Waals surface area contributed by atoms with Crippen LogP contribution in [0.4, 0.5) is 0 Å². The molecule has 1 atom stereocenters. The highest BCUT2D eigenvalue weighted by atomic mass is 16.2. The van der Waals surface area contributed by atoms with Gasteiger partial charge in [-0.25, -0.2) is 0 Å². The van der Waals surface area contributed by atoms with Crippen molar-refractivity contribution in [1.29, 1.82) is 0 Å². The number of carbonyl (C=O) groups is 1. The summed E-state index contributed by atoms with van der Waals surface area (Å²) < 4.78 is 0. The Balaban J connectivity index is 1.39. The minimum atomic E-state index is 0.0336. The van der Waals surface area contributed by atoms with Gasteiger partial charge < -0.3 is 10.6 Å². The average Bonchev–Trinajstić information content (AvgIpc) is 2.87. The molecular formula is C30H34N2O. The van der Waals surface area contributed by atoms with Gasteiger partial charge in [-0.1, -0.05) is 92.7 Å². The van der Waals surface area contributed by atoms with Crippen LogP contribution in [0, 0.1) is 0 Å². The van der Waals surface area contributed by atoms with E-state index in [0.29, 0.717) is 0 Å². The van der Waals surface area contributed by atoms with Gasteiger partial charge in [0.15, 0.2) is 0 Å². The molecule has 1 aliphatic carbocycles. The summed E-state index contributed by atoms with van der Waals surface area (Å²) >= 11 is 0. The number of hydrogen-bond acceptors (Lipinski definition) is 2. The second kappa shape index (κ2) is 11.0. The summed E-state index contributed by atoms with van der Waals surface area (Å²) in [6.07, 6.45) is 7.32. The molecular weight excluding hydrogens is 404 g/mol. The van der Waals surface area contributed by atoms with Crippen molar-refractivity contribution in [2.75, 3.05) is 6.54 Å². The topological polar surface area (TPSA) is 41.1 Å². The smallest absolute Gasteiger partial charge is 0.239 e. The number of hydrogen-bond donors (Lipinski definition) is 2. The summed E-state index contributed by atoms with van der Waals surface area (Å²) in [5, 5.41) is 6.61. The zero-order valence-electron chi connectivity index (χ0n) is 19.7. The molecule has 0 aromatic heterocycles. The average molecular weight is 439 g/mol. The number of rotatable bonds is 8. The normalized spacial score (nSPS) is 15.6. The fourth-order valence-electron chi connectivity index (χ4n) is 4.60. The van der Waals surface area contributed by atoms with Gasteiger partial charge in [0.2, 0.25) is 5.91 Å². The van der Waals surface area contributed by atoms with Gasteiger partial charge in [-0.2, -0.15) is 0 Å². The maximum atomic E-state index is 12.8. The Bertz CT molecular complexity index is 1100. The second-order valence-electron chi connectivity index (χ2n) is 8.72.